The highest BCUT2D eigenvalue weighted by atomic mass is 35.5. The van der Waals surface area contributed by atoms with Crippen molar-refractivity contribution in [3.8, 4) is 5.75 Å². The van der Waals surface area contributed by atoms with Crippen molar-refractivity contribution in [3.63, 3.8) is 0 Å². The van der Waals surface area contributed by atoms with Gasteiger partial charge in [-0.3, -0.25) is 4.79 Å². The Hall–Kier alpha value is -2.74. The molecule has 3 aromatic rings. The second-order valence-electron chi connectivity index (χ2n) is 8.42. The van der Waals surface area contributed by atoms with Gasteiger partial charge in [-0.15, -0.1) is 0 Å². The minimum atomic E-state index is -3.04. The van der Waals surface area contributed by atoms with Gasteiger partial charge in [-0.2, -0.15) is 8.78 Å². The molecule has 1 amide bonds. The number of nitrogens with zero attached hydrogens (tertiary/aromatic N) is 3. The number of fused-ring (bicyclic) bond motifs is 9. The molecule has 6 rings (SSSR count). The molecule has 0 saturated heterocycles. The van der Waals surface area contributed by atoms with Crippen LogP contribution in [0, 0.1) is 0 Å². The highest BCUT2D eigenvalue weighted by molar-refractivity contribution is 6.31. The number of amides is 1. The Morgan fingerprint density at radius 1 is 1.23 bits per heavy atom. The summed E-state index contributed by atoms with van der Waals surface area (Å²) < 4.78 is 47.9. The van der Waals surface area contributed by atoms with Crippen LogP contribution in [0.25, 0.3) is 11.0 Å². The van der Waals surface area contributed by atoms with Crippen molar-refractivity contribution in [2.75, 3.05) is 6.54 Å². The van der Waals surface area contributed by atoms with Gasteiger partial charge in [0.2, 0.25) is 0 Å². The predicted octanol–water partition coefficient (Wildman–Crippen LogP) is 5.28. The Bertz CT molecular complexity index is 1240. The number of imidazole rings is 1. The number of benzene rings is 2. The number of hydrogen-bond donors (Lipinski definition) is 0. The molecule has 160 valence electrons. The van der Waals surface area contributed by atoms with E-state index in [1.807, 2.05) is 4.57 Å². The van der Waals surface area contributed by atoms with Gasteiger partial charge in [-0.1, -0.05) is 17.7 Å². The molecule has 0 unspecified atom stereocenters. The summed E-state index contributed by atoms with van der Waals surface area (Å²) in [5, 5.41) is 0.514. The summed E-state index contributed by atoms with van der Waals surface area (Å²) in [4.78, 5) is 19.7. The Kier molecular flexibility index (Phi) is 3.91. The minimum absolute atomic E-state index is 0.0491. The average Bonchev–Trinajstić information content (AvgIpc) is 3.21. The van der Waals surface area contributed by atoms with Crippen LogP contribution in [-0.2, 0) is 0 Å². The maximum atomic E-state index is 14.8. The predicted molar refractivity (Wildman–Crippen MR) is 107 cm³/mol. The van der Waals surface area contributed by atoms with E-state index in [0.717, 1.165) is 5.52 Å². The average molecular weight is 448 g/mol. The molecular weight excluding hydrogens is 431 g/mol. The molecule has 9 heteroatoms. The van der Waals surface area contributed by atoms with Crippen molar-refractivity contribution in [1.82, 2.24) is 14.5 Å². The van der Waals surface area contributed by atoms with E-state index in [0.29, 0.717) is 41.2 Å². The van der Waals surface area contributed by atoms with E-state index in [9.17, 15) is 18.0 Å². The van der Waals surface area contributed by atoms with Crippen molar-refractivity contribution >= 4 is 28.5 Å². The Balaban J connectivity index is 1.61. The fourth-order valence-corrected chi connectivity index (χ4v) is 5.10. The molecular formula is C22H17ClF3N3O2. The highest BCUT2D eigenvalue weighted by Crippen LogP contribution is 2.52. The van der Waals surface area contributed by atoms with Gasteiger partial charge in [0, 0.05) is 22.6 Å². The van der Waals surface area contributed by atoms with Crippen LogP contribution >= 0.6 is 11.6 Å². The number of halogens is 4. The van der Waals surface area contributed by atoms with Gasteiger partial charge in [-0.25, -0.2) is 9.37 Å². The first-order valence-electron chi connectivity index (χ1n) is 10.1. The number of carbonyl (C=O) groups is 1. The van der Waals surface area contributed by atoms with E-state index in [2.05, 4.69) is 0 Å². The Labute approximate surface area is 180 Å². The first-order chi connectivity index (χ1) is 14.8. The monoisotopic (exact) mass is 447 g/mol. The van der Waals surface area contributed by atoms with Crippen LogP contribution in [0.2, 0.25) is 5.02 Å². The van der Waals surface area contributed by atoms with Gasteiger partial charge in [0.1, 0.15) is 17.2 Å². The molecule has 31 heavy (non-hydrogen) atoms. The second-order valence-corrected chi connectivity index (χ2v) is 8.86. The van der Waals surface area contributed by atoms with E-state index < -0.39 is 24.4 Å². The van der Waals surface area contributed by atoms with Gasteiger partial charge >= 0.3 is 6.61 Å². The quantitative estimate of drug-likeness (QED) is 0.546. The fraction of sp³-hybridized carbons (Fsp3) is 0.364. The Morgan fingerprint density at radius 3 is 2.77 bits per heavy atom. The van der Waals surface area contributed by atoms with E-state index in [-0.39, 0.29) is 23.8 Å². The normalized spacial score (nSPS) is 23.1. The second kappa shape index (κ2) is 6.38. The van der Waals surface area contributed by atoms with E-state index >= 15 is 0 Å². The van der Waals surface area contributed by atoms with Crippen LogP contribution in [0.4, 0.5) is 13.2 Å². The largest absolute Gasteiger partial charge is 0.434 e. The molecule has 0 N–H and O–H groups in total. The van der Waals surface area contributed by atoms with Crippen LogP contribution in [0.1, 0.15) is 53.1 Å². The van der Waals surface area contributed by atoms with E-state index in [4.69, 9.17) is 21.3 Å². The SMILES string of the molecule is O=C1c2cccc(OC(F)F)c2[C@H]2C[C@H](c3nc4ccc(Cl)cc4n32)N1CC1(F)CC1. The summed E-state index contributed by atoms with van der Waals surface area (Å²) >= 11 is 6.22. The summed E-state index contributed by atoms with van der Waals surface area (Å²) in [6.45, 7) is -3.08. The first-order valence-corrected chi connectivity index (χ1v) is 10.5. The summed E-state index contributed by atoms with van der Waals surface area (Å²) in [5.41, 5.74) is 0.642. The lowest BCUT2D eigenvalue weighted by Gasteiger charge is -2.29. The smallest absolute Gasteiger partial charge is 0.387 e. The molecule has 0 spiro atoms. The molecule has 1 saturated carbocycles. The van der Waals surface area contributed by atoms with Crippen LogP contribution in [0.3, 0.4) is 0 Å². The molecule has 2 aromatic carbocycles. The third kappa shape index (κ3) is 2.84. The molecule has 2 atom stereocenters. The first kappa shape index (κ1) is 19.0. The standard InChI is InChI=1S/C22H17ClF3N3O2/c23-11-4-5-13-14(8-11)29-15-9-16(19(29)27-13)28(10-22(26)6-7-22)20(30)12-2-1-3-17(18(12)15)31-21(24)25/h1-5,8,15-16,21H,6-7,9-10H2/t15-,16-/m1/s1. The van der Waals surface area contributed by atoms with Crippen molar-refractivity contribution in [3.05, 3.63) is 58.4 Å². The molecule has 0 radical (unpaired) electrons. The van der Waals surface area contributed by atoms with Crippen LogP contribution in [0.5, 0.6) is 5.75 Å². The molecule has 2 aliphatic heterocycles. The molecule has 1 fully saturated rings. The van der Waals surface area contributed by atoms with Crippen LogP contribution in [0.15, 0.2) is 36.4 Å². The van der Waals surface area contributed by atoms with Gasteiger partial charge in [0.15, 0.2) is 0 Å². The van der Waals surface area contributed by atoms with Crippen molar-refractivity contribution in [1.29, 1.82) is 0 Å². The maximum absolute atomic E-state index is 14.8. The number of aromatic nitrogens is 2. The molecule has 3 aliphatic rings. The third-order valence-corrected chi connectivity index (χ3v) is 6.70. The zero-order chi connectivity index (χ0) is 21.5. The van der Waals surface area contributed by atoms with Crippen LogP contribution in [-0.4, -0.2) is 39.2 Å². The lowest BCUT2D eigenvalue weighted by molar-refractivity contribution is -0.0507. The lowest BCUT2D eigenvalue weighted by atomic mass is 9.97. The highest BCUT2D eigenvalue weighted by Gasteiger charge is 2.52. The van der Waals surface area contributed by atoms with Crippen molar-refractivity contribution in [2.24, 2.45) is 0 Å². The Morgan fingerprint density at radius 2 is 2.03 bits per heavy atom. The van der Waals surface area contributed by atoms with Crippen molar-refractivity contribution in [2.45, 2.75) is 43.6 Å². The van der Waals surface area contributed by atoms with Crippen molar-refractivity contribution < 1.29 is 22.7 Å². The molecule has 2 bridgehead atoms. The minimum Gasteiger partial charge on any atom is -0.434 e. The maximum Gasteiger partial charge on any atom is 0.387 e. The number of carbonyl (C=O) groups excluding carboxylic acids is 1. The van der Waals surface area contributed by atoms with E-state index in [1.165, 1.54) is 17.0 Å². The number of alkyl halides is 3. The van der Waals surface area contributed by atoms with Gasteiger partial charge in [0.25, 0.3) is 5.91 Å². The van der Waals surface area contributed by atoms with E-state index in [1.54, 1.807) is 24.3 Å². The summed E-state index contributed by atoms with van der Waals surface area (Å²) in [5.74, 6) is 0.171. The van der Waals surface area contributed by atoms with Gasteiger partial charge < -0.3 is 14.2 Å². The summed E-state index contributed by atoms with van der Waals surface area (Å²) in [6, 6.07) is 8.88. The summed E-state index contributed by atoms with van der Waals surface area (Å²) in [6.07, 6.45) is 1.21. The van der Waals surface area contributed by atoms with Gasteiger partial charge in [0.05, 0.1) is 29.7 Å². The van der Waals surface area contributed by atoms with Crippen LogP contribution < -0.4 is 4.74 Å². The molecule has 5 nitrogen and oxygen atoms in total. The number of rotatable bonds is 4. The fourth-order valence-electron chi connectivity index (χ4n) is 4.93. The zero-order valence-electron chi connectivity index (χ0n) is 16.2. The molecule has 3 heterocycles. The van der Waals surface area contributed by atoms with Gasteiger partial charge in [-0.05, 0) is 43.2 Å². The molecule has 1 aromatic heterocycles. The zero-order valence-corrected chi connectivity index (χ0v) is 17.0. The summed E-state index contributed by atoms with van der Waals surface area (Å²) in [7, 11) is 0. The molecule has 1 aliphatic carbocycles. The topological polar surface area (TPSA) is 47.4 Å². The number of hydrogen-bond acceptors (Lipinski definition) is 3. The third-order valence-electron chi connectivity index (χ3n) is 6.46. The lowest BCUT2D eigenvalue weighted by Crippen LogP contribution is -2.39. The number of ether oxygens (including phenoxy) is 1.